The highest BCUT2D eigenvalue weighted by molar-refractivity contribution is 5.17. The van der Waals surface area contributed by atoms with Gasteiger partial charge >= 0.3 is 0 Å². The number of hydrogen-bond donors (Lipinski definition) is 1. The van der Waals surface area contributed by atoms with Gasteiger partial charge in [-0.25, -0.2) is 4.68 Å². The highest BCUT2D eigenvalue weighted by Gasteiger charge is 2.36. The molecular formula is C12H19N3O. The van der Waals surface area contributed by atoms with E-state index in [1.807, 2.05) is 12.4 Å². The van der Waals surface area contributed by atoms with Crippen molar-refractivity contribution in [3.63, 3.8) is 0 Å². The van der Waals surface area contributed by atoms with Crippen LogP contribution >= 0.6 is 0 Å². The van der Waals surface area contributed by atoms with Crippen molar-refractivity contribution >= 4 is 6.20 Å². The van der Waals surface area contributed by atoms with Crippen molar-refractivity contribution in [1.82, 2.24) is 15.1 Å². The van der Waals surface area contributed by atoms with Gasteiger partial charge in [0.2, 0.25) is 0 Å². The molecule has 1 aliphatic heterocycles. The van der Waals surface area contributed by atoms with Crippen LogP contribution < -0.4 is 5.32 Å². The van der Waals surface area contributed by atoms with E-state index in [9.17, 15) is 0 Å². The molecule has 2 rings (SSSR count). The number of rotatable bonds is 4. The number of ether oxygens (including phenoxy) is 1. The fourth-order valence-corrected chi connectivity index (χ4v) is 1.94. The number of hydrogen-bond acceptors (Lipinski definition) is 3. The van der Waals surface area contributed by atoms with Crippen molar-refractivity contribution in [2.45, 2.75) is 38.5 Å². The Morgan fingerprint density at radius 1 is 1.81 bits per heavy atom. The van der Waals surface area contributed by atoms with Gasteiger partial charge in [0.1, 0.15) is 0 Å². The van der Waals surface area contributed by atoms with Gasteiger partial charge in [-0.05, 0) is 20.3 Å². The molecule has 0 radical (unpaired) electrons. The zero-order chi connectivity index (χ0) is 11.6. The van der Waals surface area contributed by atoms with Crippen LogP contribution in [0, 0.1) is 0 Å². The predicted molar refractivity (Wildman–Crippen MR) is 63.9 cm³/mol. The van der Waals surface area contributed by atoms with Crippen molar-refractivity contribution in [1.29, 1.82) is 0 Å². The standard InChI is InChI=1S/C12H19N3O/c1-4-15-9-11(8-14-15)7-13-12(3)5-6-16-10(12)2/h4,8-10,13H,1,5-7H2,2-3H3. The summed E-state index contributed by atoms with van der Waals surface area (Å²) in [6.45, 7) is 9.66. The van der Waals surface area contributed by atoms with Crippen LogP contribution in [-0.4, -0.2) is 28.0 Å². The van der Waals surface area contributed by atoms with Crippen LogP contribution in [0.5, 0.6) is 0 Å². The SMILES string of the molecule is C=Cn1cc(CNC2(C)CCOC2C)cn1. The number of aromatic nitrogens is 2. The van der Waals surface area contributed by atoms with Gasteiger partial charge in [-0.15, -0.1) is 0 Å². The third kappa shape index (κ3) is 2.18. The van der Waals surface area contributed by atoms with Crippen LogP contribution in [0.2, 0.25) is 0 Å². The molecule has 2 atom stereocenters. The molecule has 1 fully saturated rings. The molecule has 4 heteroatoms. The zero-order valence-electron chi connectivity index (χ0n) is 9.94. The maximum absolute atomic E-state index is 5.58. The van der Waals surface area contributed by atoms with E-state index >= 15 is 0 Å². The first kappa shape index (κ1) is 11.4. The zero-order valence-corrected chi connectivity index (χ0v) is 9.94. The van der Waals surface area contributed by atoms with Crippen molar-refractivity contribution in [3.05, 3.63) is 24.5 Å². The molecule has 2 heterocycles. The molecule has 0 bridgehead atoms. The Labute approximate surface area is 96.3 Å². The second-order valence-corrected chi connectivity index (χ2v) is 4.55. The Kier molecular flexibility index (Phi) is 3.12. The fourth-order valence-electron chi connectivity index (χ4n) is 1.94. The van der Waals surface area contributed by atoms with E-state index in [0.29, 0.717) is 0 Å². The van der Waals surface area contributed by atoms with Crippen LogP contribution in [0.4, 0.5) is 0 Å². The van der Waals surface area contributed by atoms with Gasteiger partial charge in [-0.2, -0.15) is 5.10 Å². The first-order valence-corrected chi connectivity index (χ1v) is 5.66. The summed E-state index contributed by atoms with van der Waals surface area (Å²) in [5, 5.41) is 7.70. The molecular weight excluding hydrogens is 202 g/mol. The van der Waals surface area contributed by atoms with E-state index in [0.717, 1.165) is 19.6 Å². The Morgan fingerprint density at radius 2 is 2.62 bits per heavy atom. The van der Waals surface area contributed by atoms with E-state index in [-0.39, 0.29) is 11.6 Å². The third-order valence-corrected chi connectivity index (χ3v) is 3.42. The molecule has 1 aliphatic rings. The molecule has 4 nitrogen and oxygen atoms in total. The molecule has 16 heavy (non-hydrogen) atoms. The molecule has 0 spiro atoms. The first-order valence-electron chi connectivity index (χ1n) is 5.66. The van der Waals surface area contributed by atoms with Crippen molar-refractivity contribution in [2.24, 2.45) is 0 Å². The van der Waals surface area contributed by atoms with Gasteiger partial charge in [0, 0.05) is 36.7 Å². The summed E-state index contributed by atoms with van der Waals surface area (Å²) in [5.41, 5.74) is 1.25. The third-order valence-electron chi connectivity index (χ3n) is 3.42. The molecule has 1 N–H and O–H groups in total. The van der Waals surface area contributed by atoms with Gasteiger partial charge in [0.05, 0.1) is 12.3 Å². The topological polar surface area (TPSA) is 39.1 Å². The summed E-state index contributed by atoms with van der Waals surface area (Å²) >= 11 is 0. The fraction of sp³-hybridized carbons (Fsp3) is 0.583. The van der Waals surface area contributed by atoms with Crippen LogP contribution in [0.3, 0.4) is 0 Å². The Morgan fingerprint density at radius 3 is 3.19 bits per heavy atom. The minimum Gasteiger partial charge on any atom is -0.377 e. The summed E-state index contributed by atoms with van der Waals surface area (Å²) in [6.07, 6.45) is 6.85. The lowest BCUT2D eigenvalue weighted by atomic mass is 9.94. The summed E-state index contributed by atoms with van der Waals surface area (Å²) in [4.78, 5) is 0. The quantitative estimate of drug-likeness (QED) is 0.840. The van der Waals surface area contributed by atoms with Crippen molar-refractivity contribution < 1.29 is 4.74 Å². The Hall–Kier alpha value is -1.13. The van der Waals surface area contributed by atoms with Gasteiger partial charge in [-0.1, -0.05) is 6.58 Å². The molecule has 0 aromatic carbocycles. The molecule has 0 amide bonds. The normalized spacial score (nSPS) is 29.5. The van der Waals surface area contributed by atoms with E-state index in [1.54, 1.807) is 10.9 Å². The van der Waals surface area contributed by atoms with Crippen molar-refractivity contribution in [2.75, 3.05) is 6.61 Å². The lowest BCUT2D eigenvalue weighted by Gasteiger charge is -2.28. The largest absolute Gasteiger partial charge is 0.377 e. The molecule has 88 valence electrons. The van der Waals surface area contributed by atoms with Crippen molar-refractivity contribution in [3.8, 4) is 0 Å². The van der Waals surface area contributed by atoms with Gasteiger partial charge in [0.15, 0.2) is 0 Å². The van der Waals surface area contributed by atoms with E-state index < -0.39 is 0 Å². The van der Waals surface area contributed by atoms with Gasteiger partial charge in [-0.3, -0.25) is 0 Å². The average Bonchev–Trinajstić information content (AvgIpc) is 2.85. The van der Waals surface area contributed by atoms with Gasteiger partial charge in [0.25, 0.3) is 0 Å². The maximum atomic E-state index is 5.58. The summed E-state index contributed by atoms with van der Waals surface area (Å²) in [7, 11) is 0. The molecule has 1 saturated heterocycles. The summed E-state index contributed by atoms with van der Waals surface area (Å²) in [6, 6.07) is 0. The molecule has 0 aliphatic carbocycles. The highest BCUT2D eigenvalue weighted by atomic mass is 16.5. The smallest absolute Gasteiger partial charge is 0.0726 e. The minimum absolute atomic E-state index is 0.0796. The van der Waals surface area contributed by atoms with E-state index in [1.165, 1.54) is 5.56 Å². The van der Waals surface area contributed by atoms with Crippen LogP contribution in [0.15, 0.2) is 19.0 Å². The predicted octanol–water partition coefficient (Wildman–Crippen LogP) is 1.64. The van der Waals surface area contributed by atoms with Gasteiger partial charge < -0.3 is 10.1 Å². The van der Waals surface area contributed by atoms with Crippen LogP contribution in [-0.2, 0) is 11.3 Å². The number of nitrogens with zero attached hydrogens (tertiary/aromatic N) is 2. The molecule has 1 aromatic heterocycles. The molecule has 0 saturated carbocycles. The van der Waals surface area contributed by atoms with Crippen LogP contribution in [0.25, 0.3) is 6.20 Å². The average molecular weight is 221 g/mol. The second kappa shape index (κ2) is 4.39. The maximum Gasteiger partial charge on any atom is 0.0726 e. The first-order chi connectivity index (χ1) is 7.64. The summed E-state index contributed by atoms with van der Waals surface area (Å²) < 4.78 is 7.30. The monoisotopic (exact) mass is 221 g/mol. The number of nitrogens with one attached hydrogen (secondary N) is 1. The molecule has 2 unspecified atom stereocenters. The van der Waals surface area contributed by atoms with E-state index in [4.69, 9.17) is 4.74 Å². The summed E-state index contributed by atoms with van der Waals surface area (Å²) in [5.74, 6) is 0. The lowest BCUT2D eigenvalue weighted by molar-refractivity contribution is 0.0881. The van der Waals surface area contributed by atoms with Crippen LogP contribution in [0.1, 0.15) is 25.8 Å². The Balaban J connectivity index is 1.93. The second-order valence-electron chi connectivity index (χ2n) is 4.55. The minimum atomic E-state index is 0.0796. The van der Waals surface area contributed by atoms with E-state index in [2.05, 4.69) is 30.8 Å². The highest BCUT2D eigenvalue weighted by Crippen LogP contribution is 2.25. The molecule has 1 aromatic rings. The lowest BCUT2D eigenvalue weighted by Crippen LogP contribution is -2.47. The Bertz CT molecular complexity index is 374.